The predicted octanol–water partition coefficient (Wildman–Crippen LogP) is 4.97. The zero-order valence-corrected chi connectivity index (χ0v) is 16.5. The standard InChI is InChI=1S/C21H25N3OS/c1-13(2)19-21(26-17-10-14(3)9-15(4)11-17)24-20(23-19)18(25)12-16-5-7-22-8-6-16/h5-11,13,18,25H,12H2,1-4H3,(H,23,24). The molecule has 2 N–H and O–H groups in total. The van der Waals surface area contributed by atoms with Crippen molar-refractivity contribution in [1.82, 2.24) is 15.0 Å². The first-order chi connectivity index (χ1) is 12.4. The molecule has 0 saturated carbocycles. The minimum Gasteiger partial charge on any atom is -0.385 e. The van der Waals surface area contributed by atoms with E-state index in [0.717, 1.165) is 16.3 Å². The van der Waals surface area contributed by atoms with Crippen LogP contribution >= 0.6 is 11.8 Å². The van der Waals surface area contributed by atoms with Crippen LogP contribution in [0.25, 0.3) is 0 Å². The van der Waals surface area contributed by atoms with Gasteiger partial charge in [0, 0.05) is 23.7 Å². The van der Waals surface area contributed by atoms with Crippen LogP contribution < -0.4 is 0 Å². The van der Waals surface area contributed by atoms with Crippen LogP contribution in [0.2, 0.25) is 0 Å². The van der Waals surface area contributed by atoms with Gasteiger partial charge in [0.15, 0.2) is 0 Å². The van der Waals surface area contributed by atoms with E-state index in [9.17, 15) is 5.11 Å². The highest BCUT2D eigenvalue weighted by molar-refractivity contribution is 7.99. The largest absolute Gasteiger partial charge is 0.385 e. The Morgan fingerprint density at radius 3 is 2.35 bits per heavy atom. The molecular weight excluding hydrogens is 342 g/mol. The molecule has 3 rings (SSSR count). The first-order valence-corrected chi connectivity index (χ1v) is 9.67. The Morgan fingerprint density at radius 1 is 1.08 bits per heavy atom. The zero-order valence-electron chi connectivity index (χ0n) is 15.7. The van der Waals surface area contributed by atoms with Crippen molar-refractivity contribution >= 4 is 11.8 Å². The van der Waals surface area contributed by atoms with E-state index in [-0.39, 0.29) is 0 Å². The van der Waals surface area contributed by atoms with Gasteiger partial charge in [-0.1, -0.05) is 31.7 Å². The molecule has 2 heterocycles. The maximum Gasteiger partial charge on any atom is 0.136 e. The van der Waals surface area contributed by atoms with E-state index in [0.29, 0.717) is 18.2 Å². The van der Waals surface area contributed by atoms with E-state index >= 15 is 0 Å². The molecule has 0 fully saturated rings. The number of aryl methyl sites for hydroxylation is 2. The lowest BCUT2D eigenvalue weighted by atomic mass is 10.1. The molecule has 0 aliphatic carbocycles. The molecule has 0 aliphatic heterocycles. The smallest absolute Gasteiger partial charge is 0.136 e. The summed E-state index contributed by atoms with van der Waals surface area (Å²) in [6.45, 7) is 8.49. The fourth-order valence-electron chi connectivity index (χ4n) is 2.96. The van der Waals surface area contributed by atoms with Crippen molar-refractivity contribution < 1.29 is 5.11 Å². The molecule has 4 nitrogen and oxygen atoms in total. The van der Waals surface area contributed by atoms with Crippen molar-refractivity contribution in [3.05, 3.63) is 70.9 Å². The molecule has 0 radical (unpaired) electrons. The number of aliphatic hydroxyl groups excluding tert-OH is 1. The lowest BCUT2D eigenvalue weighted by Crippen LogP contribution is -2.04. The van der Waals surface area contributed by atoms with Gasteiger partial charge in [0.1, 0.15) is 17.0 Å². The summed E-state index contributed by atoms with van der Waals surface area (Å²) in [4.78, 5) is 13.3. The molecule has 0 bridgehead atoms. The van der Waals surface area contributed by atoms with Crippen LogP contribution in [0.3, 0.4) is 0 Å². The van der Waals surface area contributed by atoms with Crippen molar-refractivity contribution in [2.75, 3.05) is 0 Å². The number of hydrogen-bond acceptors (Lipinski definition) is 4. The molecular formula is C21H25N3OS. The van der Waals surface area contributed by atoms with Gasteiger partial charge in [-0.2, -0.15) is 0 Å². The number of aromatic nitrogens is 3. The van der Waals surface area contributed by atoms with Crippen LogP contribution in [0.15, 0.2) is 52.6 Å². The topological polar surface area (TPSA) is 61.8 Å². The lowest BCUT2D eigenvalue weighted by Gasteiger charge is -2.07. The van der Waals surface area contributed by atoms with Crippen molar-refractivity contribution in [3.8, 4) is 0 Å². The van der Waals surface area contributed by atoms with Gasteiger partial charge in [0.2, 0.25) is 0 Å². The summed E-state index contributed by atoms with van der Waals surface area (Å²) in [6, 6.07) is 10.3. The Hall–Kier alpha value is -2.11. The number of hydrogen-bond donors (Lipinski definition) is 2. The van der Waals surface area contributed by atoms with Crippen molar-refractivity contribution in [2.24, 2.45) is 0 Å². The predicted molar refractivity (Wildman–Crippen MR) is 106 cm³/mol. The molecule has 1 atom stereocenters. The third kappa shape index (κ3) is 4.54. The second kappa shape index (κ2) is 8.06. The highest BCUT2D eigenvalue weighted by Gasteiger charge is 2.19. The molecule has 5 heteroatoms. The third-order valence-corrected chi connectivity index (χ3v) is 5.17. The van der Waals surface area contributed by atoms with Crippen LogP contribution in [0.4, 0.5) is 0 Å². The summed E-state index contributed by atoms with van der Waals surface area (Å²) < 4.78 is 0. The van der Waals surface area contributed by atoms with Gasteiger partial charge in [0.25, 0.3) is 0 Å². The van der Waals surface area contributed by atoms with Gasteiger partial charge < -0.3 is 10.1 Å². The summed E-state index contributed by atoms with van der Waals surface area (Å²) in [5.74, 6) is 0.926. The number of aromatic amines is 1. The molecule has 26 heavy (non-hydrogen) atoms. The first kappa shape index (κ1) is 18.7. The van der Waals surface area contributed by atoms with Crippen LogP contribution in [-0.2, 0) is 6.42 Å². The van der Waals surface area contributed by atoms with Gasteiger partial charge >= 0.3 is 0 Å². The van der Waals surface area contributed by atoms with E-state index in [4.69, 9.17) is 4.98 Å². The van der Waals surface area contributed by atoms with E-state index in [1.54, 1.807) is 24.2 Å². The Labute approximate surface area is 159 Å². The van der Waals surface area contributed by atoms with Gasteiger partial charge in [-0.05, 0) is 60.7 Å². The van der Waals surface area contributed by atoms with E-state index in [1.807, 2.05) is 12.1 Å². The Bertz CT molecular complexity index is 854. The molecule has 1 unspecified atom stereocenters. The number of imidazole rings is 1. The van der Waals surface area contributed by atoms with Crippen molar-refractivity contribution in [2.45, 2.75) is 56.1 Å². The maximum absolute atomic E-state index is 10.6. The molecule has 1 aromatic carbocycles. The fraction of sp³-hybridized carbons (Fsp3) is 0.333. The van der Waals surface area contributed by atoms with Gasteiger partial charge in [-0.3, -0.25) is 4.98 Å². The number of nitrogens with zero attached hydrogens (tertiary/aromatic N) is 2. The summed E-state index contributed by atoms with van der Waals surface area (Å²) in [7, 11) is 0. The van der Waals surface area contributed by atoms with Crippen LogP contribution in [0.1, 0.15) is 54.1 Å². The summed E-state index contributed by atoms with van der Waals surface area (Å²) in [6.07, 6.45) is 3.33. The number of aliphatic hydroxyl groups is 1. The van der Waals surface area contributed by atoms with Gasteiger partial charge in [-0.15, -0.1) is 0 Å². The third-order valence-electron chi connectivity index (χ3n) is 4.20. The average molecular weight is 368 g/mol. The highest BCUT2D eigenvalue weighted by Crippen LogP contribution is 2.34. The normalized spacial score (nSPS) is 12.5. The second-order valence-corrected chi connectivity index (χ2v) is 8.06. The number of rotatable bonds is 6. The Morgan fingerprint density at radius 2 is 1.73 bits per heavy atom. The minimum absolute atomic E-state index is 0.304. The van der Waals surface area contributed by atoms with E-state index < -0.39 is 6.10 Å². The molecule has 2 aromatic heterocycles. The van der Waals surface area contributed by atoms with Crippen molar-refractivity contribution in [1.29, 1.82) is 0 Å². The second-order valence-electron chi connectivity index (χ2n) is 7.00. The summed E-state index contributed by atoms with van der Waals surface area (Å²) in [5.41, 5.74) is 4.59. The van der Waals surface area contributed by atoms with Crippen LogP contribution in [0, 0.1) is 13.8 Å². The summed E-state index contributed by atoms with van der Waals surface area (Å²) >= 11 is 1.65. The van der Waals surface area contributed by atoms with Crippen LogP contribution in [0.5, 0.6) is 0 Å². The number of H-pyrrole nitrogens is 1. The van der Waals surface area contributed by atoms with E-state index in [2.05, 4.69) is 55.9 Å². The number of pyridine rings is 1. The highest BCUT2D eigenvalue weighted by atomic mass is 32.2. The van der Waals surface area contributed by atoms with Crippen molar-refractivity contribution in [3.63, 3.8) is 0 Å². The number of nitrogens with one attached hydrogen (secondary N) is 1. The zero-order chi connectivity index (χ0) is 18.7. The molecule has 136 valence electrons. The van der Waals surface area contributed by atoms with Gasteiger partial charge in [-0.25, -0.2) is 4.98 Å². The molecule has 0 saturated heterocycles. The molecule has 0 aliphatic rings. The molecule has 3 aromatic rings. The van der Waals surface area contributed by atoms with Gasteiger partial charge in [0.05, 0.1) is 5.69 Å². The Balaban J connectivity index is 1.86. The first-order valence-electron chi connectivity index (χ1n) is 8.85. The molecule has 0 spiro atoms. The van der Waals surface area contributed by atoms with Crippen LogP contribution in [-0.4, -0.2) is 20.1 Å². The monoisotopic (exact) mass is 367 g/mol. The fourth-order valence-corrected chi connectivity index (χ4v) is 4.21. The minimum atomic E-state index is -0.663. The SMILES string of the molecule is Cc1cc(C)cc(Sc2nc(C(O)Cc3ccncc3)[nH]c2C(C)C)c1. The average Bonchev–Trinajstić information content (AvgIpc) is 2.99. The maximum atomic E-state index is 10.6. The lowest BCUT2D eigenvalue weighted by molar-refractivity contribution is 0.169. The Kier molecular flexibility index (Phi) is 5.79. The quantitative estimate of drug-likeness (QED) is 0.645. The summed E-state index contributed by atoms with van der Waals surface area (Å²) in [5, 5.41) is 11.6. The number of benzene rings is 1. The molecule has 0 amide bonds. The van der Waals surface area contributed by atoms with E-state index in [1.165, 1.54) is 16.0 Å².